The molecule has 2 fully saturated rings. The van der Waals surface area contributed by atoms with Gasteiger partial charge in [0, 0.05) is 0 Å². The van der Waals surface area contributed by atoms with E-state index in [0.29, 0.717) is 0 Å². The predicted molar refractivity (Wildman–Crippen MR) is 92.9 cm³/mol. The van der Waals surface area contributed by atoms with Crippen LogP contribution in [0.2, 0.25) is 0 Å². The van der Waals surface area contributed by atoms with E-state index < -0.39 is 0 Å². The van der Waals surface area contributed by atoms with Crippen molar-refractivity contribution in [3.8, 4) is 0 Å². The number of hydrogen-bond donors (Lipinski definition) is 1. The standard InChI is InChI=1S/C12H23N.C5H12.C2H6/c1-10-8-12(9-10)5-2-11(3-6-12)4-7-13;1-4-5(2)3;1-2/h10-11H,2-9,13H2,1H3;5H,4H2,1-3H3;1-2H3. The quantitative estimate of drug-likeness (QED) is 0.673. The highest BCUT2D eigenvalue weighted by molar-refractivity contribution is 4.95. The van der Waals surface area contributed by atoms with Gasteiger partial charge in [-0.25, -0.2) is 0 Å². The van der Waals surface area contributed by atoms with E-state index in [4.69, 9.17) is 5.73 Å². The van der Waals surface area contributed by atoms with E-state index in [1.807, 2.05) is 13.8 Å². The van der Waals surface area contributed by atoms with Crippen LogP contribution in [0.1, 0.15) is 92.9 Å². The second kappa shape index (κ2) is 10.7. The van der Waals surface area contributed by atoms with Crippen molar-refractivity contribution >= 4 is 0 Å². The second-order valence-electron chi connectivity index (χ2n) is 7.34. The van der Waals surface area contributed by atoms with E-state index in [-0.39, 0.29) is 0 Å². The van der Waals surface area contributed by atoms with Gasteiger partial charge in [0.25, 0.3) is 0 Å². The third kappa shape index (κ3) is 7.11. The lowest BCUT2D eigenvalue weighted by Crippen LogP contribution is -2.39. The lowest BCUT2D eigenvalue weighted by molar-refractivity contribution is 0.00781. The summed E-state index contributed by atoms with van der Waals surface area (Å²) in [6.45, 7) is 13.9. The van der Waals surface area contributed by atoms with Crippen LogP contribution in [0.4, 0.5) is 0 Å². The first-order chi connectivity index (χ1) is 9.51. The van der Waals surface area contributed by atoms with Crippen LogP contribution in [-0.2, 0) is 0 Å². The van der Waals surface area contributed by atoms with Gasteiger partial charge in [0.15, 0.2) is 0 Å². The van der Waals surface area contributed by atoms with Gasteiger partial charge >= 0.3 is 0 Å². The van der Waals surface area contributed by atoms with Gasteiger partial charge in [0.1, 0.15) is 0 Å². The predicted octanol–water partition coefficient (Wildman–Crippen LogP) is 6.02. The molecule has 0 radical (unpaired) electrons. The molecular weight excluding hydrogens is 242 g/mol. The summed E-state index contributed by atoms with van der Waals surface area (Å²) in [5.41, 5.74) is 6.41. The lowest BCUT2D eigenvalue weighted by atomic mass is 9.55. The van der Waals surface area contributed by atoms with E-state index >= 15 is 0 Å². The molecule has 2 aliphatic rings. The number of rotatable bonds is 3. The average molecular weight is 284 g/mol. The molecule has 2 saturated carbocycles. The highest BCUT2D eigenvalue weighted by Crippen LogP contribution is 2.55. The second-order valence-corrected chi connectivity index (χ2v) is 7.34. The molecular formula is C19H41N. The van der Waals surface area contributed by atoms with Gasteiger partial charge in [-0.2, -0.15) is 0 Å². The van der Waals surface area contributed by atoms with Gasteiger partial charge in [-0.3, -0.25) is 0 Å². The summed E-state index contributed by atoms with van der Waals surface area (Å²) in [6.07, 6.45) is 11.5. The van der Waals surface area contributed by atoms with Crippen molar-refractivity contribution in [1.82, 2.24) is 0 Å². The summed E-state index contributed by atoms with van der Waals surface area (Å²) in [6, 6.07) is 0. The SMILES string of the molecule is CC.CC1CC2(CCC(CCN)CC2)C1.CCC(C)C. The van der Waals surface area contributed by atoms with E-state index in [1.165, 1.54) is 51.4 Å². The van der Waals surface area contributed by atoms with Crippen molar-refractivity contribution in [2.45, 2.75) is 92.9 Å². The minimum atomic E-state index is 0.810. The Morgan fingerprint density at radius 3 is 1.85 bits per heavy atom. The Hall–Kier alpha value is -0.0400. The van der Waals surface area contributed by atoms with Gasteiger partial charge in [0.2, 0.25) is 0 Å². The zero-order valence-electron chi connectivity index (χ0n) is 15.2. The molecule has 1 spiro atoms. The van der Waals surface area contributed by atoms with Crippen molar-refractivity contribution in [3.63, 3.8) is 0 Å². The van der Waals surface area contributed by atoms with Gasteiger partial charge in [-0.1, -0.05) is 48.0 Å². The third-order valence-electron chi connectivity index (χ3n) is 5.12. The van der Waals surface area contributed by atoms with E-state index in [9.17, 15) is 0 Å². The summed E-state index contributed by atoms with van der Waals surface area (Å²) in [7, 11) is 0. The largest absolute Gasteiger partial charge is 0.330 e. The third-order valence-corrected chi connectivity index (χ3v) is 5.12. The van der Waals surface area contributed by atoms with Crippen molar-refractivity contribution in [2.75, 3.05) is 6.54 Å². The normalized spacial score (nSPS) is 31.8. The first-order valence-corrected chi connectivity index (χ1v) is 9.21. The zero-order valence-corrected chi connectivity index (χ0v) is 15.2. The molecule has 0 amide bonds. The van der Waals surface area contributed by atoms with Crippen LogP contribution in [0.15, 0.2) is 0 Å². The topological polar surface area (TPSA) is 26.0 Å². The summed E-state index contributed by atoms with van der Waals surface area (Å²) < 4.78 is 0. The maximum Gasteiger partial charge on any atom is -0.00746 e. The Kier molecular flexibility index (Phi) is 10.6. The minimum Gasteiger partial charge on any atom is -0.330 e. The van der Waals surface area contributed by atoms with Crippen LogP contribution in [0, 0.1) is 23.2 Å². The Morgan fingerprint density at radius 1 is 1.10 bits per heavy atom. The van der Waals surface area contributed by atoms with Crippen molar-refractivity contribution in [3.05, 3.63) is 0 Å². The van der Waals surface area contributed by atoms with Gasteiger partial charge in [-0.15, -0.1) is 0 Å². The molecule has 0 atom stereocenters. The molecule has 0 aliphatic heterocycles. The Morgan fingerprint density at radius 2 is 1.55 bits per heavy atom. The van der Waals surface area contributed by atoms with E-state index in [0.717, 1.165) is 29.7 Å². The molecule has 20 heavy (non-hydrogen) atoms. The fourth-order valence-electron chi connectivity index (χ4n) is 3.64. The molecule has 0 unspecified atom stereocenters. The molecule has 122 valence electrons. The molecule has 0 heterocycles. The van der Waals surface area contributed by atoms with Crippen LogP contribution in [0.3, 0.4) is 0 Å². The number of nitrogens with two attached hydrogens (primary N) is 1. The fourth-order valence-corrected chi connectivity index (χ4v) is 3.64. The fraction of sp³-hybridized carbons (Fsp3) is 1.00. The Balaban J connectivity index is 0.000000441. The summed E-state index contributed by atoms with van der Waals surface area (Å²) >= 11 is 0. The van der Waals surface area contributed by atoms with Gasteiger partial charge in [0.05, 0.1) is 0 Å². The molecule has 0 aromatic rings. The smallest absolute Gasteiger partial charge is 0.00746 e. The maximum atomic E-state index is 5.60. The lowest BCUT2D eigenvalue weighted by Gasteiger charge is -2.51. The molecule has 2 N–H and O–H groups in total. The van der Waals surface area contributed by atoms with Crippen LogP contribution in [0.5, 0.6) is 0 Å². The number of hydrogen-bond acceptors (Lipinski definition) is 1. The summed E-state index contributed by atoms with van der Waals surface area (Å²) in [5, 5.41) is 0. The monoisotopic (exact) mass is 283 g/mol. The average Bonchev–Trinajstić information content (AvgIpc) is 2.43. The highest BCUT2D eigenvalue weighted by Gasteiger charge is 2.43. The summed E-state index contributed by atoms with van der Waals surface area (Å²) in [4.78, 5) is 0. The highest BCUT2D eigenvalue weighted by atomic mass is 14.5. The van der Waals surface area contributed by atoms with Crippen molar-refractivity contribution < 1.29 is 0 Å². The molecule has 0 aromatic heterocycles. The first kappa shape index (κ1) is 20.0. The molecule has 0 bridgehead atoms. The van der Waals surface area contributed by atoms with Gasteiger partial charge in [-0.05, 0) is 74.7 Å². The van der Waals surface area contributed by atoms with Crippen LogP contribution < -0.4 is 5.73 Å². The summed E-state index contributed by atoms with van der Waals surface area (Å²) in [5.74, 6) is 2.87. The van der Waals surface area contributed by atoms with Crippen LogP contribution >= 0.6 is 0 Å². The Bertz CT molecular complexity index is 206. The van der Waals surface area contributed by atoms with Crippen LogP contribution in [-0.4, -0.2) is 6.54 Å². The molecule has 1 heteroatoms. The van der Waals surface area contributed by atoms with Crippen LogP contribution in [0.25, 0.3) is 0 Å². The van der Waals surface area contributed by atoms with E-state index in [1.54, 1.807) is 0 Å². The zero-order chi connectivity index (χ0) is 15.6. The molecule has 0 saturated heterocycles. The molecule has 0 aromatic carbocycles. The Labute approximate surface area is 129 Å². The molecule has 2 aliphatic carbocycles. The minimum absolute atomic E-state index is 0.810. The molecule has 2 rings (SSSR count). The van der Waals surface area contributed by atoms with Crippen molar-refractivity contribution in [1.29, 1.82) is 0 Å². The van der Waals surface area contributed by atoms with Gasteiger partial charge < -0.3 is 5.73 Å². The molecule has 1 nitrogen and oxygen atoms in total. The van der Waals surface area contributed by atoms with Crippen molar-refractivity contribution in [2.24, 2.45) is 28.9 Å². The first-order valence-electron chi connectivity index (χ1n) is 9.21. The van der Waals surface area contributed by atoms with E-state index in [2.05, 4.69) is 27.7 Å². The maximum absolute atomic E-state index is 5.60.